The van der Waals surface area contributed by atoms with E-state index in [1.54, 1.807) is 6.92 Å². The van der Waals surface area contributed by atoms with Gasteiger partial charge in [-0.1, -0.05) is 5.16 Å². The van der Waals surface area contributed by atoms with Gasteiger partial charge in [0, 0.05) is 13.0 Å². The fraction of sp³-hybridized carbons (Fsp3) is 0.714. The van der Waals surface area contributed by atoms with Crippen LogP contribution in [0.25, 0.3) is 0 Å². The van der Waals surface area contributed by atoms with E-state index in [2.05, 4.69) is 15.5 Å². The predicted octanol–water partition coefficient (Wildman–Crippen LogP) is 0.958. The molecular formula is C7H11ClFN3O. The zero-order chi connectivity index (χ0) is 8.60. The van der Waals surface area contributed by atoms with Crippen LogP contribution in [0.1, 0.15) is 18.1 Å². The lowest BCUT2D eigenvalue weighted by molar-refractivity contribution is 0.134. The third kappa shape index (κ3) is 1.81. The summed E-state index contributed by atoms with van der Waals surface area (Å²) in [5, 5.41) is 6.47. The van der Waals surface area contributed by atoms with Gasteiger partial charge in [0.25, 0.3) is 5.89 Å². The van der Waals surface area contributed by atoms with Crippen molar-refractivity contribution < 1.29 is 8.91 Å². The highest BCUT2D eigenvalue weighted by molar-refractivity contribution is 5.85. The number of aromatic nitrogens is 2. The summed E-state index contributed by atoms with van der Waals surface area (Å²) in [7, 11) is 0. The highest BCUT2D eigenvalue weighted by Gasteiger charge is 2.40. The third-order valence-electron chi connectivity index (χ3n) is 2.01. The highest BCUT2D eigenvalue weighted by atomic mass is 35.5. The van der Waals surface area contributed by atoms with Crippen molar-refractivity contribution in [1.29, 1.82) is 0 Å². The van der Waals surface area contributed by atoms with Crippen molar-refractivity contribution in [3.05, 3.63) is 11.7 Å². The van der Waals surface area contributed by atoms with E-state index >= 15 is 0 Å². The summed E-state index contributed by atoms with van der Waals surface area (Å²) in [5.41, 5.74) is -1.44. The van der Waals surface area contributed by atoms with Gasteiger partial charge in [-0.15, -0.1) is 12.4 Å². The number of halogens is 2. The molecule has 0 amide bonds. The van der Waals surface area contributed by atoms with Crippen LogP contribution in [-0.2, 0) is 5.67 Å². The normalized spacial score (nSPS) is 27.2. The van der Waals surface area contributed by atoms with Gasteiger partial charge in [0.1, 0.15) is 0 Å². The van der Waals surface area contributed by atoms with Crippen LogP contribution in [0.2, 0.25) is 0 Å². The van der Waals surface area contributed by atoms with Gasteiger partial charge in [0.15, 0.2) is 5.82 Å². The lowest BCUT2D eigenvalue weighted by Gasteiger charge is -2.10. The molecular weight excluding hydrogens is 197 g/mol. The van der Waals surface area contributed by atoms with E-state index in [1.165, 1.54) is 0 Å². The predicted molar refractivity (Wildman–Crippen MR) is 46.6 cm³/mol. The summed E-state index contributed by atoms with van der Waals surface area (Å²) in [6.45, 7) is 2.62. The van der Waals surface area contributed by atoms with Crippen LogP contribution in [0.15, 0.2) is 4.52 Å². The summed E-state index contributed by atoms with van der Waals surface area (Å²) in [6.07, 6.45) is 0.411. The first-order valence-electron chi connectivity index (χ1n) is 3.91. The Morgan fingerprint density at radius 2 is 2.38 bits per heavy atom. The van der Waals surface area contributed by atoms with E-state index in [-0.39, 0.29) is 24.8 Å². The number of nitrogens with zero attached hydrogens (tertiary/aromatic N) is 2. The number of aryl methyl sites for hydroxylation is 1. The molecule has 1 aromatic heterocycles. The Kier molecular flexibility index (Phi) is 2.87. The van der Waals surface area contributed by atoms with Gasteiger partial charge in [-0.05, 0) is 13.5 Å². The Balaban J connectivity index is 0.000000845. The van der Waals surface area contributed by atoms with E-state index < -0.39 is 5.67 Å². The molecule has 0 aliphatic carbocycles. The van der Waals surface area contributed by atoms with Gasteiger partial charge in [0.2, 0.25) is 5.67 Å². The molecule has 1 atom stereocenters. The lowest BCUT2D eigenvalue weighted by atomic mass is 10.1. The van der Waals surface area contributed by atoms with Crippen molar-refractivity contribution in [2.45, 2.75) is 19.0 Å². The minimum Gasteiger partial charge on any atom is -0.336 e. The van der Waals surface area contributed by atoms with Crippen molar-refractivity contribution >= 4 is 12.4 Å². The minimum absolute atomic E-state index is 0. The van der Waals surface area contributed by atoms with E-state index in [9.17, 15) is 4.39 Å². The first-order chi connectivity index (χ1) is 5.71. The van der Waals surface area contributed by atoms with Gasteiger partial charge in [-0.25, -0.2) is 4.39 Å². The fourth-order valence-electron chi connectivity index (χ4n) is 1.32. The Labute approximate surface area is 81.3 Å². The summed E-state index contributed by atoms with van der Waals surface area (Å²) in [5.74, 6) is 0.582. The van der Waals surface area contributed by atoms with Crippen molar-refractivity contribution in [2.24, 2.45) is 0 Å². The van der Waals surface area contributed by atoms with E-state index in [4.69, 9.17) is 4.52 Å². The second-order valence-electron chi connectivity index (χ2n) is 3.04. The maximum Gasteiger partial charge on any atom is 0.265 e. The van der Waals surface area contributed by atoms with Gasteiger partial charge in [-0.3, -0.25) is 0 Å². The Bertz CT molecular complexity index is 285. The molecule has 13 heavy (non-hydrogen) atoms. The van der Waals surface area contributed by atoms with Crippen LogP contribution < -0.4 is 5.32 Å². The Hall–Kier alpha value is -0.680. The molecule has 0 aromatic carbocycles. The molecule has 1 N–H and O–H groups in total. The summed E-state index contributed by atoms with van der Waals surface area (Å²) >= 11 is 0. The summed E-state index contributed by atoms with van der Waals surface area (Å²) in [6, 6.07) is 0. The number of alkyl halides is 1. The number of hydrogen-bond donors (Lipinski definition) is 1. The fourth-order valence-corrected chi connectivity index (χ4v) is 1.32. The quantitative estimate of drug-likeness (QED) is 0.745. The average molecular weight is 208 g/mol. The highest BCUT2D eigenvalue weighted by Crippen LogP contribution is 2.30. The maximum atomic E-state index is 13.8. The third-order valence-corrected chi connectivity index (χ3v) is 2.01. The summed E-state index contributed by atoms with van der Waals surface area (Å²) < 4.78 is 18.6. The average Bonchev–Trinajstić information content (AvgIpc) is 2.59. The van der Waals surface area contributed by atoms with Crippen molar-refractivity contribution in [2.75, 3.05) is 13.1 Å². The topological polar surface area (TPSA) is 51.0 Å². The van der Waals surface area contributed by atoms with Gasteiger partial charge < -0.3 is 9.84 Å². The van der Waals surface area contributed by atoms with Crippen LogP contribution in [-0.4, -0.2) is 23.2 Å². The molecule has 1 aliphatic rings. The molecule has 1 fully saturated rings. The molecule has 4 nitrogen and oxygen atoms in total. The van der Waals surface area contributed by atoms with E-state index in [0.29, 0.717) is 18.8 Å². The number of hydrogen-bond acceptors (Lipinski definition) is 4. The number of rotatable bonds is 1. The molecule has 0 bridgehead atoms. The van der Waals surface area contributed by atoms with Crippen molar-refractivity contribution in [3.8, 4) is 0 Å². The zero-order valence-corrected chi connectivity index (χ0v) is 8.03. The SMILES string of the molecule is Cc1noc(C2(F)CCNC2)n1.Cl. The van der Waals surface area contributed by atoms with Crippen LogP contribution in [0.5, 0.6) is 0 Å². The molecule has 2 heterocycles. The molecule has 1 saturated heterocycles. The molecule has 0 spiro atoms. The van der Waals surface area contributed by atoms with E-state index in [0.717, 1.165) is 0 Å². The maximum absolute atomic E-state index is 13.8. The second-order valence-corrected chi connectivity index (χ2v) is 3.04. The molecule has 1 aromatic rings. The molecule has 1 unspecified atom stereocenters. The standard InChI is InChI=1S/C7H10FN3O.ClH/c1-5-10-6(12-11-5)7(8)2-3-9-4-7;/h9H,2-4H2,1H3;1H. The van der Waals surface area contributed by atoms with Crippen molar-refractivity contribution in [1.82, 2.24) is 15.5 Å². The first kappa shape index (κ1) is 10.4. The van der Waals surface area contributed by atoms with Crippen LogP contribution >= 0.6 is 12.4 Å². The summed E-state index contributed by atoms with van der Waals surface area (Å²) in [4.78, 5) is 3.87. The van der Waals surface area contributed by atoms with Gasteiger partial charge in [0.05, 0.1) is 0 Å². The molecule has 2 rings (SSSR count). The van der Waals surface area contributed by atoms with Crippen LogP contribution in [0.4, 0.5) is 4.39 Å². The first-order valence-corrected chi connectivity index (χ1v) is 3.91. The zero-order valence-electron chi connectivity index (χ0n) is 7.21. The Morgan fingerprint density at radius 1 is 1.62 bits per heavy atom. The minimum atomic E-state index is -1.44. The lowest BCUT2D eigenvalue weighted by Crippen LogP contribution is -2.23. The van der Waals surface area contributed by atoms with Crippen molar-refractivity contribution in [3.63, 3.8) is 0 Å². The largest absolute Gasteiger partial charge is 0.336 e. The Morgan fingerprint density at radius 3 is 2.85 bits per heavy atom. The molecule has 6 heteroatoms. The second kappa shape index (κ2) is 3.59. The molecule has 0 radical (unpaired) electrons. The van der Waals surface area contributed by atoms with Crippen LogP contribution in [0.3, 0.4) is 0 Å². The van der Waals surface area contributed by atoms with Gasteiger partial charge >= 0.3 is 0 Å². The molecule has 1 aliphatic heterocycles. The molecule has 0 saturated carbocycles. The number of nitrogens with one attached hydrogen (secondary N) is 1. The smallest absolute Gasteiger partial charge is 0.265 e. The van der Waals surface area contributed by atoms with Crippen LogP contribution in [0, 0.1) is 6.92 Å². The van der Waals surface area contributed by atoms with Gasteiger partial charge in [-0.2, -0.15) is 4.98 Å². The molecule has 74 valence electrons. The van der Waals surface area contributed by atoms with E-state index in [1.807, 2.05) is 0 Å². The monoisotopic (exact) mass is 207 g/mol.